The molecule has 0 unspecified atom stereocenters. The minimum atomic E-state index is -0.990. The van der Waals surface area contributed by atoms with Gasteiger partial charge in [0.05, 0.1) is 4.88 Å². The minimum absolute atomic E-state index is 0.304. The first-order chi connectivity index (χ1) is 10.0. The number of carbonyl (C=O) groups is 2. The smallest absolute Gasteiger partial charge is 0.326 e. The lowest BCUT2D eigenvalue weighted by molar-refractivity contribution is -0.139. The Kier molecular flexibility index (Phi) is 5.25. The lowest BCUT2D eigenvalue weighted by Gasteiger charge is -2.13. The molecule has 0 saturated heterocycles. The fraction of sp³-hybridized carbons (Fsp3) is 0.333. The zero-order valence-corrected chi connectivity index (χ0v) is 13.5. The Labute approximate surface area is 131 Å². The molecule has 4 nitrogen and oxygen atoms in total. The van der Waals surface area contributed by atoms with Crippen LogP contribution in [0, 0.1) is 6.92 Å². The molecule has 0 saturated carbocycles. The first-order valence-corrected chi connectivity index (χ1v) is 8.76. The molecule has 2 aromatic rings. The van der Waals surface area contributed by atoms with E-state index in [1.54, 1.807) is 11.8 Å². The van der Waals surface area contributed by atoms with Crippen molar-refractivity contribution in [2.45, 2.75) is 19.4 Å². The number of carbonyl (C=O) groups excluding carboxylic acids is 1. The molecule has 1 heterocycles. The summed E-state index contributed by atoms with van der Waals surface area (Å²) in [5, 5.41) is 12.9. The van der Waals surface area contributed by atoms with Crippen LogP contribution in [0.5, 0.6) is 0 Å². The zero-order chi connectivity index (χ0) is 15.4. The predicted octanol–water partition coefficient (Wildman–Crippen LogP) is 3.15. The SMILES string of the molecule is CSCC[C@@H](NC(=O)c1sc2ccccc2c1C)C(=O)O. The molecule has 1 atom stereocenters. The second-order valence-electron chi connectivity index (χ2n) is 4.70. The second kappa shape index (κ2) is 6.95. The minimum Gasteiger partial charge on any atom is -0.480 e. The first-order valence-electron chi connectivity index (χ1n) is 6.55. The number of aliphatic carboxylic acids is 1. The number of benzene rings is 1. The van der Waals surface area contributed by atoms with Crippen LogP contribution < -0.4 is 5.32 Å². The maximum atomic E-state index is 12.3. The van der Waals surface area contributed by atoms with Crippen LogP contribution in [-0.2, 0) is 4.79 Å². The van der Waals surface area contributed by atoms with Gasteiger partial charge in [-0.3, -0.25) is 4.79 Å². The van der Waals surface area contributed by atoms with Gasteiger partial charge < -0.3 is 10.4 Å². The maximum absolute atomic E-state index is 12.3. The van der Waals surface area contributed by atoms with E-state index in [0.29, 0.717) is 17.1 Å². The van der Waals surface area contributed by atoms with Gasteiger partial charge in [-0.05, 0) is 42.4 Å². The van der Waals surface area contributed by atoms with Crippen molar-refractivity contribution in [1.82, 2.24) is 5.32 Å². The molecule has 1 amide bonds. The number of thioether (sulfide) groups is 1. The molecular formula is C15H17NO3S2. The number of carboxylic acids is 1. The van der Waals surface area contributed by atoms with E-state index in [1.165, 1.54) is 11.3 Å². The molecule has 2 N–H and O–H groups in total. The van der Waals surface area contributed by atoms with Crippen LogP contribution in [0.3, 0.4) is 0 Å². The molecule has 0 radical (unpaired) electrons. The van der Waals surface area contributed by atoms with Crippen LogP contribution in [0.15, 0.2) is 24.3 Å². The quantitative estimate of drug-likeness (QED) is 0.857. The van der Waals surface area contributed by atoms with E-state index in [4.69, 9.17) is 0 Å². The Morgan fingerprint density at radius 1 is 1.38 bits per heavy atom. The molecule has 0 aliphatic rings. The lowest BCUT2D eigenvalue weighted by Crippen LogP contribution is -2.41. The van der Waals surface area contributed by atoms with E-state index in [0.717, 1.165) is 15.6 Å². The highest BCUT2D eigenvalue weighted by atomic mass is 32.2. The van der Waals surface area contributed by atoms with Gasteiger partial charge in [-0.15, -0.1) is 11.3 Å². The summed E-state index contributed by atoms with van der Waals surface area (Å²) in [4.78, 5) is 24.1. The Morgan fingerprint density at radius 2 is 2.10 bits per heavy atom. The second-order valence-corrected chi connectivity index (χ2v) is 6.74. The van der Waals surface area contributed by atoms with Gasteiger partial charge in [-0.2, -0.15) is 11.8 Å². The lowest BCUT2D eigenvalue weighted by atomic mass is 10.1. The van der Waals surface area contributed by atoms with Gasteiger partial charge in [-0.25, -0.2) is 4.79 Å². The summed E-state index contributed by atoms with van der Waals surface area (Å²) in [5.41, 5.74) is 0.905. The number of carboxylic acid groups (broad SMARTS) is 1. The fourth-order valence-electron chi connectivity index (χ4n) is 2.11. The number of thiophene rings is 1. The van der Waals surface area contributed by atoms with Gasteiger partial charge in [0.1, 0.15) is 6.04 Å². The van der Waals surface area contributed by atoms with Crippen molar-refractivity contribution in [3.8, 4) is 0 Å². The predicted molar refractivity (Wildman–Crippen MR) is 88.5 cm³/mol. The first kappa shape index (κ1) is 15.9. The Bertz CT molecular complexity index is 666. The van der Waals surface area contributed by atoms with Crippen LogP contribution in [0.25, 0.3) is 10.1 Å². The number of aryl methyl sites for hydroxylation is 1. The van der Waals surface area contributed by atoms with E-state index in [9.17, 15) is 14.7 Å². The number of hydrogen-bond acceptors (Lipinski definition) is 4. The fourth-order valence-corrected chi connectivity index (χ4v) is 3.69. The Morgan fingerprint density at radius 3 is 2.71 bits per heavy atom. The van der Waals surface area contributed by atoms with Crippen molar-refractivity contribution in [2.75, 3.05) is 12.0 Å². The summed E-state index contributed by atoms with van der Waals surface area (Å²) in [5.74, 6) is -0.596. The molecular weight excluding hydrogens is 306 g/mol. The van der Waals surface area contributed by atoms with Crippen LogP contribution in [0.1, 0.15) is 21.7 Å². The summed E-state index contributed by atoms with van der Waals surface area (Å²) in [7, 11) is 0. The zero-order valence-electron chi connectivity index (χ0n) is 11.9. The third-order valence-electron chi connectivity index (χ3n) is 3.26. The molecule has 0 bridgehead atoms. The van der Waals surface area contributed by atoms with Gasteiger partial charge >= 0.3 is 5.97 Å². The number of hydrogen-bond donors (Lipinski definition) is 2. The number of nitrogens with one attached hydrogen (secondary N) is 1. The van der Waals surface area contributed by atoms with Gasteiger partial charge in [0.25, 0.3) is 5.91 Å². The summed E-state index contributed by atoms with van der Waals surface area (Å²) in [6.07, 6.45) is 2.34. The highest BCUT2D eigenvalue weighted by molar-refractivity contribution is 7.98. The van der Waals surface area contributed by atoms with E-state index in [1.807, 2.05) is 37.4 Å². The standard InChI is InChI=1S/C15H17NO3S2/c1-9-10-5-3-4-6-12(10)21-13(9)14(17)16-11(15(18)19)7-8-20-2/h3-6,11H,7-8H2,1-2H3,(H,16,17)(H,18,19)/t11-/m1/s1. The average molecular weight is 323 g/mol. The molecule has 0 aliphatic heterocycles. The van der Waals surface area contributed by atoms with Gasteiger partial charge in [0.2, 0.25) is 0 Å². The van der Waals surface area contributed by atoms with Gasteiger partial charge in [0, 0.05) is 4.70 Å². The topological polar surface area (TPSA) is 66.4 Å². The molecule has 1 aromatic heterocycles. The molecule has 0 fully saturated rings. The van der Waals surface area contributed by atoms with Crippen molar-refractivity contribution in [3.05, 3.63) is 34.7 Å². The maximum Gasteiger partial charge on any atom is 0.326 e. The average Bonchev–Trinajstić information content (AvgIpc) is 2.81. The highest BCUT2D eigenvalue weighted by Gasteiger charge is 2.22. The molecule has 2 rings (SSSR count). The Balaban J connectivity index is 2.21. The van der Waals surface area contributed by atoms with Crippen LogP contribution in [0.4, 0.5) is 0 Å². The number of fused-ring (bicyclic) bond motifs is 1. The third-order valence-corrected chi connectivity index (χ3v) is 5.18. The third kappa shape index (κ3) is 3.57. The van der Waals surface area contributed by atoms with Crippen molar-refractivity contribution in [3.63, 3.8) is 0 Å². The monoisotopic (exact) mass is 323 g/mol. The molecule has 1 aromatic carbocycles. The van der Waals surface area contributed by atoms with Crippen molar-refractivity contribution < 1.29 is 14.7 Å². The largest absolute Gasteiger partial charge is 0.480 e. The van der Waals surface area contributed by atoms with Crippen molar-refractivity contribution in [1.29, 1.82) is 0 Å². The highest BCUT2D eigenvalue weighted by Crippen LogP contribution is 2.30. The summed E-state index contributed by atoms with van der Waals surface area (Å²) in [6.45, 7) is 1.89. The summed E-state index contributed by atoms with van der Waals surface area (Å²) < 4.78 is 1.04. The van der Waals surface area contributed by atoms with Gasteiger partial charge in [-0.1, -0.05) is 18.2 Å². The van der Waals surface area contributed by atoms with E-state index >= 15 is 0 Å². The summed E-state index contributed by atoms with van der Waals surface area (Å²) in [6, 6.07) is 6.96. The number of rotatable bonds is 6. The molecule has 21 heavy (non-hydrogen) atoms. The van der Waals surface area contributed by atoms with Crippen LogP contribution in [-0.4, -0.2) is 35.0 Å². The molecule has 6 heteroatoms. The molecule has 0 aliphatic carbocycles. The molecule has 112 valence electrons. The van der Waals surface area contributed by atoms with E-state index in [2.05, 4.69) is 5.32 Å². The van der Waals surface area contributed by atoms with Gasteiger partial charge in [0.15, 0.2) is 0 Å². The van der Waals surface area contributed by atoms with E-state index in [-0.39, 0.29) is 5.91 Å². The normalized spacial score (nSPS) is 12.3. The van der Waals surface area contributed by atoms with E-state index < -0.39 is 12.0 Å². The number of amides is 1. The Hall–Kier alpha value is -1.53. The van der Waals surface area contributed by atoms with Crippen LogP contribution in [0.2, 0.25) is 0 Å². The molecule has 0 spiro atoms. The van der Waals surface area contributed by atoms with Crippen molar-refractivity contribution >= 4 is 45.1 Å². The van der Waals surface area contributed by atoms with Crippen LogP contribution >= 0.6 is 23.1 Å². The summed E-state index contributed by atoms with van der Waals surface area (Å²) >= 11 is 2.96. The van der Waals surface area contributed by atoms with Crippen molar-refractivity contribution in [2.24, 2.45) is 0 Å².